The summed E-state index contributed by atoms with van der Waals surface area (Å²) in [6.07, 6.45) is 1.99. The van der Waals surface area contributed by atoms with Crippen LogP contribution in [0.25, 0.3) is 0 Å². The summed E-state index contributed by atoms with van der Waals surface area (Å²) in [5.74, 6) is 0.845. The first kappa shape index (κ1) is 14.1. The largest absolute Gasteiger partial charge is 0.493 e. The van der Waals surface area contributed by atoms with Crippen molar-refractivity contribution in [1.29, 1.82) is 0 Å². The Balaban J connectivity index is 3.20. The summed E-state index contributed by atoms with van der Waals surface area (Å²) in [6.45, 7) is 13.6. The van der Waals surface area contributed by atoms with Crippen LogP contribution in [0.2, 0.25) is 0 Å². The van der Waals surface area contributed by atoms with E-state index in [9.17, 15) is 5.11 Å². The van der Waals surface area contributed by atoms with Gasteiger partial charge in [-0.15, -0.1) is 0 Å². The van der Waals surface area contributed by atoms with Crippen molar-refractivity contribution in [2.75, 3.05) is 0 Å². The van der Waals surface area contributed by atoms with Gasteiger partial charge in [-0.25, -0.2) is 4.68 Å². The molecule has 0 spiro atoms. The van der Waals surface area contributed by atoms with Crippen LogP contribution in [0.5, 0.6) is 5.88 Å². The quantitative estimate of drug-likeness (QED) is 0.872. The monoisotopic (exact) mass is 238 g/mol. The molecule has 0 saturated carbocycles. The number of hydrogen-bond acceptors (Lipinski definition) is 2. The van der Waals surface area contributed by atoms with Crippen LogP contribution in [0, 0.1) is 5.92 Å². The Hall–Kier alpha value is -0.990. The lowest BCUT2D eigenvalue weighted by molar-refractivity contribution is 0.361. The molecule has 1 heterocycles. The third kappa shape index (κ3) is 3.24. The van der Waals surface area contributed by atoms with Crippen molar-refractivity contribution in [3.63, 3.8) is 0 Å². The van der Waals surface area contributed by atoms with E-state index < -0.39 is 0 Å². The highest BCUT2D eigenvalue weighted by Crippen LogP contribution is 2.34. The molecule has 1 rings (SSSR count). The van der Waals surface area contributed by atoms with E-state index in [0.717, 1.165) is 30.6 Å². The van der Waals surface area contributed by atoms with Gasteiger partial charge in [0.15, 0.2) is 0 Å². The Morgan fingerprint density at radius 3 is 2.29 bits per heavy atom. The molecule has 1 N–H and O–H groups in total. The van der Waals surface area contributed by atoms with Gasteiger partial charge in [0.2, 0.25) is 5.88 Å². The Bertz CT molecular complexity index is 372. The number of aromatic hydroxyl groups is 1. The van der Waals surface area contributed by atoms with Gasteiger partial charge in [0.25, 0.3) is 0 Å². The number of aromatic nitrogens is 2. The predicted octanol–water partition coefficient (Wildman–Crippen LogP) is 3.49. The molecule has 0 aromatic carbocycles. The minimum atomic E-state index is -0.0518. The molecule has 1 aromatic heterocycles. The van der Waals surface area contributed by atoms with Gasteiger partial charge in [-0.3, -0.25) is 0 Å². The second-order valence-electron chi connectivity index (χ2n) is 6.22. The van der Waals surface area contributed by atoms with Gasteiger partial charge >= 0.3 is 0 Å². The lowest BCUT2D eigenvalue weighted by Gasteiger charge is -2.19. The zero-order chi connectivity index (χ0) is 13.2. The fourth-order valence-corrected chi connectivity index (χ4v) is 2.15. The van der Waals surface area contributed by atoms with Crippen molar-refractivity contribution < 1.29 is 5.11 Å². The van der Waals surface area contributed by atoms with E-state index in [4.69, 9.17) is 0 Å². The van der Waals surface area contributed by atoms with Gasteiger partial charge in [-0.1, -0.05) is 48.0 Å². The molecule has 0 fully saturated rings. The summed E-state index contributed by atoms with van der Waals surface area (Å²) in [4.78, 5) is 0. The van der Waals surface area contributed by atoms with Crippen molar-refractivity contribution in [1.82, 2.24) is 9.78 Å². The van der Waals surface area contributed by atoms with Crippen LogP contribution in [-0.2, 0) is 18.4 Å². The maximum absolute atomic E-state index is 10.3. The maximum atomic E-state index is 10.3. The third-order valence-corrected chi connectivity index (χ3v) is 2.77. The van der Waals surface area contributed by atoms with Crippen LogP contribution in [0.4, 0.5) is 0 Å². The van der Waals surface area contributed by atoms with Gasteiger partial charge in [0.05, 0.1) is 5.69 Å². The number of nitrogens with zero attached hydrogens (tertiary/aromatic N) is 2. The van der Waals surface area contributed by atoms with E-state index in [2.05, 4.69) is 46.6 Å². The molecule has 0 aliphatic heterocycles. The van der Waals surface area contributed by atoms with E-state index in [1.807, 2.05) is 0 Å². The first-order valence-electron chi connectivity index (χ1n) is 6.56. The van der Waals surface area contributed by atoms with Crippen LogP contribution in [0.3, 0.4) is 0 Å². The van der Waals surface area contributed by atoms with E-state index >= 15 is 0 Å². The van der Waals surface area contributed by atoms with Crippen molar-refractivity contribution >= 4 is 0 Å². The molecule has 0 bridgehead atoms. The minimum Gasteiger partial charge on any atom is -0.493 e. The van der Waals surface area contributed by atoms with Crippen molar-refractivity contribution in [3.8, 4) is 5.88 Å². The predicted molar refractivity (Wildman–Crippen MR) is 71.4 cm³/mol. The highest BCUT2D eigenvalue weighted by molar-refractivity contribution is 5.37. The Morgan fingerprint density at radius 2 is 1.88 bits per heavy atom. The summed E-state index contributed by atoms with van der Waals surface area (Å²) >= 11 is 0. The topological polar surface area (TPSA) is 38.0 Å². The smallest absolute Gasteiger partial charge is 0.213 e. The Labute approximate surface area is 105 Å². The molecule has 0 saturated heterocycles. The van der Waals surface area contributed by atoms with E-state index in [0.29, 0.717) is 11.8 Å². The molecular formula is C14H26N2O. The fourth-order valence-electron chi connectivity index (χ4n) is 2.15. The van der Waals surface area contributed by atoms with Gasteiger partial charge in [-0.05, 0) is 17.8 Å². The van der Waals surface area contributed by atoms with Crippen LogP contribution in [0.15, 0.2) is 0 Å². The van der Waals surface area contributed by atoms with Crippen LogP contribution in [-0.4, -0.2) is 14.9 Å². The number of rotatable bonds is 4. The molecular weight excluding hydrogens is 212 g/mol. The van der Waals surface area contributed by atoms with E-state index in [1.54, 1.807) is 4.68 Å². The van der Waals surface area contributed by atoms with Crippen molar-refractivity contribution in [2.24, 2.45) is 5.92 Å². The molecule has 3 heteroatoms. The second-order valence-corrected chi connectivity index (χ2v) is 6.22. The van der Waals surface area contributed by atoms with E-state index in [-0.39, 0.29) is 5.41 Å². The van der Waals surface area contributed by atoms with Crippen LogP contribution >= 0.6 is 0 Å². The summed E-state index contributed by atoms with van der Waals surface area (Å²) in [5, 5.41) is 14.9. The first-order chi connectivity index (χ1) is 7.77. The Kier molecular flexibility index (Phi) is 4.23. The molecule has 0 aliphatic rings. The SMILES string of the molecule is CCCc1nn(CC(C)C)c(O)c1C(C)(C)C. The Morgan fingerprint density at radius 1 is 1.29 bits per heavy atom. The molecule has 98 valence electrons. The molecule has 3 nitrogen and oxygen atoms in total. The lowest BCUT2D eigenvalue weighted by atomic mass is 9.86. The molecule has 0 amide bonds. The lowest BCUT2D eigenvalue weighted by Crippen LogP contribution is -2.13. The van der Waals surface area contributed by atoms with Crippen LogP contribution < -0.4 is 0 Å². The molecule has 0 unspecified atom stereocenters. The summed E-state index contributed by atoms with van der Waals surface area (Å²) in [6, 6.07) is 0. The summed E-state index contributed by atoms with van der Waals surface area (Å²) in [7, 11) is 0. The second kappa shape index (κ2) is 5.11. The molecule has 17 heavy (non-hydrogen) atoms. The standard InChI is InChI=1S/C14H26N2O/c1-7-8-11-12(14(4,5)6)13(17)16(15-11)9-10(2)3/h10,17H,7-9H2,1-6H3. The highest BCUT2D eigenvalue weighted by atomic mass is 16.3. The average Bonchev–Trinajstić information content (AvgIpc) is 2.41. The average molecular weight is 238 g/mol. The minimum absolute atomic E-state index is 0.0518. The molecule has 1 aromatic rings. The molecule has 0 radical (unpaired) electrons. The molecule has 0 atom stereocenters. The van der Waals surface area contributed by atoms with Gasteiger partial charge in [0, 0.05) is 12.1 Å². The fraction of sp³-hybridized carbons (Fsp3) is 0.786. The third-order valence-electron chi connectivity index (χ3n) is 2.77. The molecule has 0 aliphatic carbocycles. The first-order valence-corrected chi connectivity index (χ1v) is 6.56. The maximum Gasteiger partial charge on any atom is 0.213 e. The van der Waals surface area contributed by atoms with E-state index in [1.165, 1.54) is 0 Å². The van der Waals surface area contributed by atoms with Gasteiger partial charge in [0.1, 0.15) is 0 Å². The van der Waals surface area contributed by atoms with Crippen molar-refractivity contribution in [3.05, 3.63) is 11.3 Å². The van der Waals surface area contributed by atoms with Crippen LogP contribution in [0.1, 0.15) is 59.2 Å². The summed E-state index contributed by atoms with van der Waals surface area (Å²) in [5.41, 5.74) is 2.02. The summed E-state index contributed by atoms with van der Waals surface area (Å²) < 4.78 is 1.76. The zero-order valence-corrected chi connectivity index (χ0v) is 12.0. The number of aryl methyl sites for hydroxylation is 1. The number of hydrogen-bond donors (Lipinski definition) is 1. The van der Waals surface area contributed by atoms with Crippen molar-refractivity contribution in [2.45, 2.75) is 66.3 Å². The zero-order valence-electron chi connectivity index (χ0n) is 12.0. The van der Waals surface area contributed by atoms with Gasteiger partial charge in [-0.2, -0.15) is 5.10 Å². The highest BCUT2D eigenvalue weighted by Gasteiger charge is 2.27. The normalized spacial score (nSPS) is 12.4. The van der Waals surface area contributed by atoms with Gasteiger partial charge < -0.3 is 5.11 Å².